The number of aromatic nitrogens is 5. The number of nitrogens with one attached hydrogen (secondary N) is 1. The third kappa shape index (κ3) is 2.73. The van der Waals surface area contributed by atoms with E-state index >= 15 is 0 Å². The largest absolute Gasteiger partial charge is 0.335 e. The van der Waals surface area contributed by atoms with Gasteiger partial charge in [-0.05, 0) is 31.0 Å². The van der Waals surface area contributed by atoms with E-state index in [0.717, 1.165) is 24.1 Å². The van der Waals surface area contributed by atoms with Crippen LogP contribution in [-0.2, 0) is 0 Å². The molecule has 1 fully saturated rings. The van der Waals surface area contributed by atoms with Crippen LogP contribution in [0.2, 0.25) is 0 Å². The van der Waals surface area contributed by atoms with Gasteiger partial charge in [-0.3, -0.25) is 14.5 Å². The van der Waals surface area contributed by atoms with Crippen molar-refractivity contribution >= 4 is 28.6 Å². The highest BCUT2D eigenvalue weighted by Gasteiger charge is 2.29. The summed E-state index contributed by atoms with van der Waals surface area (Å²) in [5.41, 5.74) is 3.80. The monoisotopic (exact) mass is 396 g/mol. The summed E-state index contributed by atoms with van der Waals surface area (Å²) in [5.74, 6) is 0.411. The van der Waals surface area contributed by atoms with Gasteiger partial charge in [-0.15, -0.1) is 10.2 Å². The molecule has 8 heteroatoms. The number of benzene rings is 1. The predicted molar refractivity (Wildman–Crippen MR) is 110 cm³/mol. The van der Waals surface area contributed by atoms with Gasteiger partial charge in [-0.1, -0.05) is 41.6 Å². The third-order valence-electron chi connectivity index (χ3n) is 5.29. The summed E-state index contributed by atoms with van der Waals surface area (Å²) in [6, 6.07) is 17.0. The number of carbonyl (C=O) groups excluding carboxylic acids is 1. The molecule has 0 atom stereocenters. The number of pyridine rings is 2. The van der Waals surface area contributed by atoms with Gasteiger partial charge in [0, 0.05) is 23.4 Å². The van der Waals surface area contributed by atoms with Crippen molar-refractivity contribution in [3.05, 3.63) is 72.1 Å². The number of anilines is 1. The second kappa shape index (κ2) is 6.48. The van der Waals surface area contributed by atoms with Crippen molar-refractivity contribution in [2.24, 2.45) is 0 Å². The van der Waals surface area contributed by atoms with Gasteiger partial charge < -0.3 is 4.52 Å². The maximum absolute atomic E-state index is 13.4. The van der Waals surface area contributed by atoms with E-state index in [4.69, 9.17) is 4.52 Å². The number of hydrogen-bond donors (Lipinski definition) is 1. The number of fused-ring (bicyclic) bond motifs is 2. The van der Waals surface area contributed by atoms with Crippen LogP contribution >= 0.6 is 0 Å². The molecule has 0 saturated heterocycles. The Bertz CT molecular complexity index is 1400. The van der Waals surface area contributed by atoms with E-state index in [0.29, 0.717) is 39.9 Å². The fourth-order valence-corrected chi connectivity index (χ4v) is 3.63. The van der Waals surface area contributed by atoms with Gasteiger partial charge in [0.05, 0.1) is 10.9 Å². The van der Waals surface area contributed by atoms with Crippen LogP contribution in [0.15, 0.2) is 65.3 Å². The number of hydrogen-bond acceptors (Lipinski definition) is 6. The van der Waals surface area contributed by atoms with E-state index in [1.807, 2.05) is 54.6 Å². The molecule has 1 aliphatic rings. The van der Waals surface area contributed by atoms with E-state index in [9.17, 15) is 4.79 Å². The van der Waals surface area contributed by atoms with E-state index in [1.165, 1.54) is 0 Å². The highest BCUT2D eigenvalue weighted by Crippen LogP contribution is 2.41. The minimum Gasteiger partial charge on any atom is -0.335 e. The first-order valence-corrected chi connectivity index (χ1v) is 9.75. The lowest BCUT2D eigenvalue weighted by molar-refractivity contribution is 0.102. The molecule has 8 nitrogen and oxygen atoms in total. The van der Waals surface area contributed by atoms with Gasteiger partial charge in [-0.2, -0.15) is 0 Å². The zero-order chi connectivity index (χ0) is 20.1. The summed E-state index contributed by atoms with van der Waals surface area (Å²) in [6.45, 7) is 0. The fraction of sp³-hybridized carbons (Fsp3) is 0.136. The van der Waals surface area contributed by atoms with Crippen LogP contribution in [0.1, 0.15) is 34.8 Å². The van der Waals surface area contributed by atoms with Gasteiger partial charge in [0.2, 0.25) is 5.95 Å². The number of carbonyl (C=O) groups is 1. The zero-order valence-electron chi connectivity index (χ0n) is 15.8. The maximum Gasteiger partial charge on any atom is 0.259 e. The van der Waals surface area contributed by atoms with E-state index < -0.39 is 0 Å². The van der Waals surface area contributed by atoms with Crippen LogP contribution < -0.4 is 5.32 Å². The van der Waals surface area contributed by atoms with Crippen molar-refractivity contribution in [2.75, 3.05) is 5.32 Å². The molecule has 0 unspecified atom stereocenters. The van der Waals surface area contributed by atoms with Crippen LogP contribution in [0.4, 0.5) is 5.95 Å². The Morgan fingerprint density at radius 2 is 1.90 bits per heavy atom. The quantitative estimate of drug-likeness (QED) is 0.492. The molecule has 1 aliphatic carbocycles. The Kier molecular flexibility index (Phi) is 3.64. The van der Waals surface area contributed by atoms with Crippen molar-refractivity contribution < 1.29 is 9.32 Å². The molecule has 1 saturated carbocycles. The molecule has 1 amide bonds. The van der Waals surface area contributed by atoms with Crippen molar-refractivity contribution in [1.29, 1.82) is 0 Å². The summed E-state index contributed by atoms with van der Waals surface area (Å²) in [7, 11) is 0. The second-order valence-electron chi connectivity index (χ2n) is 7.35. The van der Waals surface area contributed by atoms with Crippen LogP contribution in [0.3, 0.4) is 0 Å². The zero-order valence-corrected chi connectivity index (χ0v) is 15.8. The summed E-state index contributed by atoms with van der Waals surface area (Å²) in [6.07, 6.45) is 3.93. The molecule has 0 aliphatic heterocycles. The summed E-state index contributed by atoms with van der Waals surface area (Å²) in [4.78, 5) is 18.0. The Morgan fingerprint density at radius 3 is 2.73 bits per heavy atom. The van der Waals surface area contributed by atoms with E-state index in [1.54, 1.807) is 10.6 Å². The molecule has 1 aromatic carbocycles. The Labute approximate surface area is 170 Å². The SMILES string of the molecule is O=C(Nc1nnc2ccccn12)c1cc(C2CC2)nc2onc(-c3ccccc3)c12. The van der Waals surface area contributed by atoms with Crippen molar-refractivity contribution in [3.63, 3.8) is 0 Å². The first-order chi connectivity index (χ1) is 14.8. The molecule has 30 heavy (non-hydrogen) atoms. The van der Waals surface area contributed by atoms with Crippen molar-refractivity contribution in [1.82, 2.24) is 24.7 Å². The molecule has 5 aromatic rings. The Hall–Kier alpha value is -4.07. The molecule has 0 radical (unpaired) electrons. The summed E-state index contributed by atoms with van der Waals surface area (Å²) >= 11 is 0. The Morgan fingerprint density at radius 1 is 1.07 bits per heavy atom. The molecular formula is C22H16N6O2. The minimum atomic E-state index is -0.303. The van der Waals surface area contributed by atoms with Gasteiger partial charge in [-0.25, -0.2) is 4.98 Å². The lowest BCUT2D eigenvalue weighted by Gasteiger charge is -2.07. The number of nitrogens with zero attached hydrogens (tertiary/aromatic N) is 5. The minimum absolute atomic E-state index is 0.303. The molecule has 4 heterocycles. The van der Waals surface area contributed by atoms with Gasteiger partial charge in [0.1, 0.15) is 5.69 Å². The predicted octanol–water partition coefficient (Wildman–Crippen LogP) is 4.06. The molecule has 146 valence electrons. The first kappa shape index (κ1) is 16.8. The van der Waals surface area contributed by atoms with Crippen molar-refractivity contribution in [2.45, 2.75) is 18.8 Å². The average Bonchev–Trinajstić information content (AvgIpc) is 3.44. The Balaban J connectivity index is 1.49. The number of amides is 1. The first-order valence-electron chi connectivity index (χ1n) is 9.75. The average molecular weight is 396 g/mol. The molecular weight excluding hydrogens is 380 g/mol. The van der Waals surface area contributed by atoms with E-state index in [2.05, 4.69) is 25.7 Å². The topological polar surface area (TPSA) is 98.2 Å². The fourth-order valence-electron chi connectivity index (χ4n) is 3.63. The standard InChI is InChI=1S/C22H16N6O2/c29-20(24-22-26-25-17-8-4-5-11-28(17)22)15-12-16(13-9-10-13)23-21-18(15)19(27-30-21)14-6-2-1-3-7-14/h1-8,11-13H,9-10H2,(H,24,26,29). The van der Waals surface area contributed by atoms with Crippen LogP contribution in [-0.4, -0.2) is 30.6 Å². The smallest absolute Gasteiger partial charge is 0.259 e. The van der Waals surface area contributed by atoms with E-state index in [-0.39, 0.29) is 5.91 Å². The second-order valence-corrected chi connectivity index (χ2v) is 7.35. The molecule has 0 spiro atoms. The normalized spacial score (nSPS) is 13.7. The maximum atomic E-state index is 13.4. The van der Waals surface area contributed by atoms with Gasteiger partial charge in [0.25, 0.3) is 11.6 Å². The van der Waals surface area contributed by atoms with Crippen LogP contribution in [0.25, 0.3) is 28.0 Å². The third-order valence-corrected chi connectivity index (χ3v) is 5.29. The van der Waals surface area contributed by atoms with Gasteiger partial charge in [0.15, 0.2) is 5.65 Å². The van der Waals surface area contributed by atoms with Crippen LogP contribution in [0.5, 0.6) is 0 Å². The molecule has 1 N–H and O–H groups in total. The molecule has 4 aromatic heterocycles. The van der Waals surface area contributed by atoms with Crippen molar-refractivity contribution in [3.8, 4) is 11.3 Å². The van der Waals surface area contributed by atoms with Gasteiger partial charge >= 0.3 is 0 Å². The lowest BCUT2D eigenvalue weighted by Crippen LogP contribution is -2.15. The number of rotatable bonds is 4. The molecule has 6 rings (SSSR count). The highest BCUT2D eigenvalue weighted by atomic mass is 16.5. The summed E-state index contributed by atoms with van der Waals surface area (Å²) in [5, 5.41) is 15.9. The lowest BCUT2D eigenvalue weighted by atomic mass is 10.0. The summed E-state index contributed by atoms with van der Waals surface area (Å²) < 4.78 is 7.27. The van der Waals surface area contributed by atoms with Crippen LogP contribution in [0, 0.1) is 0 Å². The molecule has 0 bridgehead atoms. The highest BCUT2D eigenvalue weighted by molar-refractivity contribution is 6.14.